The molecule has 0 aromatic heterocycles. The Morgan fingerprint density at radius 3 is 2.58 bits per heavy atom. The van der Waals surface area contributed by atoms with Crippen LogP contribution in [0.15, 0.2) is 23.8 Å². The van der Waals surface area contributed by atoms with Crippen LogP contribution >= 0.6 is 23.2 Å². The highest BCUT2D eigenvalue weighted by atomic mass is 35.5. The fourth-order valence-corrected chi connectivity index (χ4v) is 7.57. The Hall–Kier alpha value is -1.36. The first-order chi connectivity index (χ1) is 16.6. The SMILES string of the molecule is CS(=O)COC(=O)[C@@]1(OC(=O)C(Cl)Cl)CC[C@H]2[C@@H]3C[C@H](F)C4=CC(=O)C=C[C@]4(C)[C@@]3(F)[C@@H](O)C[C@@]21C. The zero-order valence-corrected chi connectivity index (χ0v) is 22.3. The summed E-state index contributed by atoms with van der Waals surface area (Å²) in [7, 11) is -1.52. The topological polar surface area (TPSA) is 107 Å². The van der Waals surface area contributed by atoms with Crippen LogP contribution in [0.4, 0.5) is 8.78 Å². The van der Waals surface area contributed by atoms with E-state index < -0.39 is 85.5 Å². The molecule has 3 saturated carbocycles. The average molecular weight is 569 g/mol. The van der Waals surface area contributed by atoms with Crippen molar-refractivity contribution in [1.29, 1.82) is 0 Å². The Morgan fingerprint density at radius 1 is 1.31 bits per heavy atom. The van der Waals surface area contributed by atoms with Gasteiger partial charge in [0, 0.05) is 23.0 Å². The van der Waals surface area contributed by atoms with E-state index in [4.69, 9.17) is 32.7 Å². The van der Waals surface area contributed by atoms with E-state index in [1.54, 1.807) is 6.92 Å². The van der Waals surface area contributed by atoms with E-state index in [9.17, 15) is 23.7 Å². The Morgan fingerprint density at radius 2 is 1.97 bits per heavy atom. The minimum atomic E-state index is -2.36. The number of aliphatic hydroxyl groups excluding tert-OH is 1. The smallest absolute Gasteiger partial charge is 0.352 e. The maximum absolute atomic E-state index is 17.2. The number of alkyl halides is 4. The lowest BCUT2D eigenvalue weighted by Gasteiger charge is -2.63. The minimum absolute atomic E-state index is 0.0240. The molecule has 9 atom stereocenters. The number of allylic oxidation sites excluding steroid dienone is 4. The van der Waals surface area contributed by atoms with E-state index in [2.05, 4.69) is 0 Å². The van der Waals surface area contributed by atoms with Gasteiger partial charge in [0.05, 0.1) is 16.9 Å². The van der Waals surface area contributed by atoms with Crippen LogP contribution in [0.3, 0.4) is 0 Å². The lowest BCUT2D eigenvalue weighted by atomic mass is 9.44. The maximum Gasteiger partial charge on any atom is 0.352 e. The first kappa shape index (κ1) is 27.7. The summed E-state index contributed by atoms with van der Waals surface area (Å²) in [6.45, 7) is 3.04. The van der Waals surface area contributed by atoms with Gasteiger partial charge in [0.25, 0.3) is 0 Å². The van der Waals surface area contributed by atoms with Crippen molar-refractivity contribution in [2.24, 2.45) is 22.7 Å². The Labute approximate surface area is 220 Å². The molecule has 4 aliphatic rings. The molecule has 36 heavy (non-hydrogen) atoms. The molecule has 1 N–H and O–H groups in total. The van der Waals surface area contributed by atoms with Crippen molar-refractivity contribution in [3.63, 3.8) is 0 Å². The second kappa shape index (κ2) is 9.13. The van der Waals surface area contributed by atoms with Crippen LogP contribution in [0.5, 0.6) is 0 Å². The van der Waals surface area contributed by atoms with Crippen LogP contribution in [-0.4, -0.2) is 67.6 Å². The average Bonchev–Trinajstić information content (AvgIpc) is 3.08. The van der Waals surface area contributed by atoms with Crippen LogP contribution in [0, 0.1) is 22.7 Å². The van der Waals surface area contributed by atoms with E-state index >= 15 is 8.78 Å². The monoisotopic (exact) mass is 568 g/mol. The standard InChI is InChI=1S/C24H28Cl2F2O7S/c1-21-6-4-12(29)8-15(21)16(27)9-14-13-5-7-23(35-19(31)18(25)26,20(32)34-11-36(3)33)22(13,2)10-17(30)24(14,21)28/h4,6,8,13-14,16-18,30H,5,7,9-11H2,1-3H3/t13-,14-,16-,17-,21-,22-,23-,24-,36?/m0/s1. The summed E-state index contributed by atoms with van der Waals surface area (Å²) in [5, 5.41) is 11.4. The number of ether oxygens (including phenoxy) is 2. The number of aliphatic hydroxyl groups is 1. The second-order valence-electron chi connectivity index (χ2n) is 10.6. The maximum atomic E-state index is 17.2. The zero-order chi connectivity index (χ0) is 26.8. The lowest BCUT2D eigenvalue weighted by molar-refractivity contribution is -0.235. The molecule has 0 aromatic carbocycles. The van der Waals surface area contributed by atoms with E-state index in [-0.39, 0.29) is 31.3 Å². The van der Waals surface area contributed by atoms with Gasteiger partial charge in [-0.15, -0.1) is 0 Å². The van der Waals surface area contributed by atoms with Gasteiger partial charge in [-0.05, 0) is 56.3 Å². The van der Waals surface area contributed by atoms with Gasteiger partial charge in [0.15, 0.2) is 17.4 Å². The molecule has 3 fully saturated rings. The number of carbonyl (C=O) groups is 3. The van der Waals surface area contributed by atoms with Crippen LogP contribution in [0.2, 0.25) is 0 Å². The molecule has 0 radical (unpaired) electrons. The Balaban J connectivity index is 1.81. The van der Waals surface area contributed by atoms with Crippen LogP contribution in [0.1, 0.15) is 39.5 Å². The number of fused-ring (bicyclic) bond motifs is 5. The summed E-state index contributed by atoms with van der Waals surface area (Å²) >= 11 is 11.4. The quantitative estimate of drug-likeness (QED) is 0.400. The van der Waals surface area contributed by atoms with Crippen molar-refractivity contribution in [2.75, 3.05) is 12.2 Å². The van der Waals surface area contributed by atoms with Crippen LogP contribution in [0.25, 0.3) is 0 Å². The molecule has 4 rings (SSSR count). The fourth-order valence-electron chi connectivity index (χ4n) is 7.21. The summed E-state index contributed by atoms with van der Waals surface area (Å²) < 4.78 is 55.1. The van der Waals surface area contributed by atoms with Crippen molar-refractivity contribution >= 4 is 51.7 Å². The number of rotatable bonds is 5. The summed E-state index contributed by atoms with van der Waals surface area (Å²) in [5.41, 5.74) is -7.38. The molecule has 200 valence electrons. The first-order valence-electron chi connectivity index (χ1n) is 11.6. The molecule has 7 nitrogen and oxygen atoms in total. The first-order valence-corrected chi connectivity index (χ1v) is 14.2. The highest BCUT2D eigenvalue weighted by Crippen LogP contribution is 2.70. The number of carbonyl (C=O) groups excluding carboxylic acids is 3. The van der Waals surface area contributed by atoms with Crippen molar-refractivity contribution in [1.82, 2.24) is 0 Å². The van der Waals surface area contributed by atoms with Crippen molar-refractivity contribution in [3.8, 4) is 0 Å². The summed E-state index contributed by atoms with van der Waals surface area (Å²) in [6.07, 6.45) is 0.894. The third-order valence-electron chi connectivity index (χ3n) is 8.89. The largest absolute Gasteiger partial charge is 0.449 e. The van der Waals surface area contributed by atoms with Gasteiger partial charge in [0.1, 0.15) is 6.17 Å². The number of ketones is 1. The molecule has 0 aromatic rings. The highest BCUT2D eigenvalue weighted by Gasteiger charge is 2.77. The predicted octanol–water partition coefficient (Wildman–Crippen LogP) is 3.27. The lowest BCUT2D eigenvalue weighted by Crippen LogP contribution is -2.70. The molecule has 0 heterocycles. The normalized spacial score (nSPS) is 44.2. The van der Waals surface area contributed by atoms with Crippen molar-refractivity contribution in [2.45, 2.75) is 67.9 Å². The molecule has 12 heteroatoms. The van der Waals surface area contributed by atoms with Gasteiger partial charge in [-0.3, -0.25) is 9.00 Å². The third-order valence-corrected chi connectivity index (χ3v) is 9.69. The summed E-state index contributed by atoms with van der Waals surface area (Å²) in [5.74, 6) is -4.86. The number of esters is 2. The molecule has 0 amide bonds. The van der Waals surface area contributed by atoms with Gasteiger partial charge in [-0.2, -0.15) is 0 Å². The zero-order valence-electron chi connectivity index (χ0n) is 20.0. The van der Waals surface area contributed by atoms with Gasteiger partial charge in [0.2, 0.25) is 10.4 Å². The Bertz CT molecular complexity index is 1080. The molecular formula is C24H28Cl2F2O7S. The molecule has 0 bridgehead atoms. The molecule has 0 spiro atoms. The third kappa shape index (κ3) is 3.73. The summed E-state index contributed by atoms with van der Waals surface area (Å²) in [6, 6.07) is 0. The van der Waals surface area contributed by atoms with E-state index in [1.807, 2.05) is 0 Å². The number of halogens is 4. The van der Waals surface area contributed by atoms with E-state index in [1.165, 1.54) is 25.3 Å². The highest BCUT2D eigenvalue weighted by molar-refractivity contribution is 7.84. The van der Waals surface area contributed by atoms with Gasteiger partial charge in [-0.25, -0.2) is 18.4 Å². The predicted molar refractivity (Wildman–Crippen MR) is 128 cm³/mol. The van der Waals surface area contributed by atoms with Gasteiger partial charge in [-0.1, -0.05) is 36.2 Å². The number of hydrogen-bond acceptors (Lipinski definition) is 7. The summed E-state index contributed by atoms with van der Waals surface area (Å²) in [4.78, 5) is 36.2. The second-order valence-corrected chi connectivity index (χ2v) is 13.0. The molecule has 4 aliphatic carbocycles. The molecule has 0 aliphatic heterocycles. The Kier molecular flexibility index (Phi) is 7.02. The van der Waals surface area contributed by atoms with Crippen LogP contribution in [-0.2, 0) is 34.7 Å². The van der Waals surface area contributed by atoms with E-state index in [0.29, 0.717) is 0 Å². The molecule has 0 saturated heterocycles. The fraction of sp³-hybridized carbons (Fsp3) is 0.708. The van der Waals surface area contributed by atoms with Gasteiger partial charge >= 0.3 is 11.9 Å². The van der Waals surface area contributed by atoms with E-state index in [0.717, 1.165) is 6.08 Å². The minimum Gasteiger partial charge on any atom is -0.449 e. The van der Waals surface area contributed by atoms with Crippen molar-refractivity contribution in [3.05, 3.63) is 23.8 Å². The number of hydrogen-bond donors (Lipinski definition) is 1. The van der Waals surface area contributed by atoms with Crippen LogP contribution < -0.4 is 0 Å². The van der Waals surface area contributed by atoms with Gasteiger partial charge < -0.3 is 14.6 Å². The molecular weight excluding hydrogens is 541 g/mol. The molecule has 1 unspecified atom stereocenters. The van der Waals surface area contributed by atoms with Crippen molar-refractivity contribution < 1.29 is 42.0 Å².